The van der Waals surface area contributed by atoms with Crippen molar-refractivity contribution in [1.82, 2.24) is 20.2 Å². The predicted octanol–water partition coefficient (Wildman–Crippen LogP) is 1.33. The number of carbonyl (C=O) groups is 1. The molecular weight excluding hydrogens is 268 g/mol. The van der Waals surface area contributed by atoms with Crippen molar-refractivity contribution in [1.29, 1.82) is 0 Å². The smallest absolute Gasteiger partial charge is 0.321 e. The minimum Gasteiger partial charge on any atom is -0.336 e. The van der Waals surface area contributed by atoms with Gasteiger partial charge < -0.3 is 5.32 Å². The zero-order chi connectivity index (χ0) is 14.4. The number of urea groups is 1. The number of hydrogen-bond acceptors (Lipinski definition) is 4. The lowest BCUT2D eigenvalue weighted by Crippen LogP contribution is -2.43. The maximum atomic E-state index is 12.4. The molecule has 1 aromatic rings. The molecule has 0 radical (unpaired) electrons. The molecular formula is C12H17F2N5O. The molecule has 0 bridgehead atoms. The molecule has 2 amide bonds. The van der Waals surface area contributed by atoms with Gasteiger partial charge in [0.25, 0.3) is 6.43 Å². The van der Waals surface area contributed by atoms with Crippen LogP contribution in [0.5, 0.6) is 0 Å². The van der Waals surface area contributed by atoms with E-state index in [1.807, 2.05) is 0 Å². The average molecular weight is 285 g/mol. The summed E-state index contributed by atoms with van der Waals surface area (Å²) in [6, 6.07) is 1.18. The summed E-state index contributed by atoms with van der Waals surface area (Å²) in [5.41, 5.74) is 0. The third-order valence-corrected chi connectivity index (χ3v) is 3.16. The van der Waals surface area contributed by atoms with Crippen LogP contribution in [0.25, 0.3) is 0 Å². The Balaban J connectivity index is 1.75. The molecule has 0 aliphatic carbocycles. The summed E-state index contributed by atoms with van der Waals surface area (Å²) in [5, 5.41) is 5.14. The Labute approximate surface area is 115 Å². The number of rotatable bonds is 5. The van der Waals surface area contributed by atoms with Gasteiger partial charge in [-0.1, -0.05) is 0 Å². The number of hydrogen-bond donors (Lipinski definition) is 2. The molecule has 2 heterocycles. The highest BCUT2D eigenvalue weighted by molar-refractivity contribution is 5.87. The Kier molecular flexibility index (Phi) is 5.16. The molecule has 20 heavy (non-hydrogen) atoms. The molecule has 8 heteroatoms. The van der Waals surface area contributed by atoms with Gasteiger partial charge in [-0.15, -0.1) is 0 Å². The Morgan fingerprint density at radius 3 is 2.90 bits per heavy atom. The molecule has 1 aliphatic heterocycles. The highest BCUT2D eigenvalue weighted by Gasteiger charge is 2.26. The summed E-state index contributed by atoms with van der Waals surface area (Å²) in [4.78, 5) is 21.1. The van der Waals surface area contributed by atoms with Gasteiger partial charge in [0.1, 0.15) is 0 Å². The molecule has 0 saturated carbocycles. The number of anilines is 1. The number of aromatic nitrogens is 2. The van der Waals surface area contributed by atoms with Crippen LogP contribution in [0.1, 0.15) is 12.8 Å². The van der Waals surface area contributed by atoms with Gasteiger partial charge in [0.05, 0.1) is 6.54 Å². The van der Waals surface area contributed by atoms with E-state index < -0.39 is 12.5 Å². The predicted molar refractivity (Wildman–Crippen MR) is 69.7 cm³/mol. The first-order valence-corrected chi connectivity index (χ1v) is 6.49. The van der Waals surface area contributed by atoms with E-state index in [-0.39, 0.29) is 18.5 Å². The molecule has 1 saturated heterocycles. The maximum Gasteiger partial charge on any atom is 0.321 e. The molecule has 2 rings (SSSR count). The first-order chi connectivity index (χ1) is 9.65. The largest absolute Gasteiger partial charge is 0.336 e. The van der Waals surface area contributed by atoms with Crippen molar-refractivity contribution in [3.8, 4) is 0 Å². The Hall–Kier alpha value is -1.83. The van der Waals surface area contributed by atoms with E-state index in [4.69, 9.17) is 0 Å². The molecule has 1 atom stereocenters. The van der Waals surface area contributed by atoms with Crippen LogP contribution in [-0.2, 0) is 0 Å². The van der Waals surface area contributed by atoms with E-state index in [0.29, 0.717) is 13.1 Å². The second-order valence-electron chi connectivity index (χ2n) is 4.59. The Bertz CT molecular complexity index is 431. The van der Waals surface area contributed by atoms with Crippen LogP contribution in [0.15, 0.2) is 18.5 Å². The minimum atomic E-state index is -2.35. The molecule has 0 spiro atoms. The summed E-state index contributed by atoms with van der Waals surface area (Å²) in [6.07, 6.45) is 2.38. The van der Waals surface area contributed by atoms with E-state index in [9.17, 15) is 13.6 Å². The molecule has 1 unspecified atom stereocenters. The normalized spacial score (nSPS) is 19.2. The topological polar surface area (TPSA) is 70.2 Å². The van der Waals surface area contributed by atoms with Gasteiger partial charge in [-0.3, -0.25) is 10.2 Å². The van der Waals surface area contributed by atoms with Crippen molar-refractivity contribution >= 4 is 12.0 Å². The lowest BCUT2D eigenvalue weighted by Gasteiger charge is -2.24. The fraction of sp³-hybridized carbons (Fsp3) is 0.583. The van der Waals surface area contributed by atoms with Crippen LogP contribution in [0.2, 0.25) is 0 Å². The van der Waals surface area contributed by atoms with E-state index in [1.54, 1.807) is 11.0 Å². The molecule has 110 valence electrons. The van der Waals surface area contributed by atoms with Crippen LogP contribution in [0, 0.1) is 0 Å². The third kappa shape index (κ3) is 4.37. The lowest BCUT2D eigenvalue weighted by atomic mass is 10.2. The molecule has 2 N–H and O–H groups in total. The summed E-state index contributed by atoms with van der Waals surface area (Å²) in [6.45, 7) is 0.751. The van der Waals surface area contributed by atoms with Crippen LogP contribution in [-0.4, -0.2) is 53.0 Å². The van der Waals surface area contributed by atoms with E-state index in [0.717, 1.165) is 12.8 Å². The summed E-state index contributed by atoms with van der Waals surface area (Å²) in [5.74, 6) is 0.209. The standard InChI is InChI=1S/C12H17F2N5O/c13-10(14)8-19-6-1-3-9(19)7-17-12(20)18-11-15-4-2-5-16-11/h2,4-5,9-10H,1,3,6-8H2,(H2,15,16,17,18,20). The highest BCUT2D eigenvalue weighted by atomic mass is 19.3. The van der Waals surface area contributed by atoms with Crippen LogP contribution in [0.3, 0.4) is 0 Å². The minimum absolute atomic E-state index is 0.0357. The number of amides is 2. The van der Waals surface area contributed by atoms with E-state index in [1.165, 1.54) is 12.4 Å². The monoisotopic (exact) mass is 285 g/mol. The summed E-state index contributed by atoms with van der Waals surface area (Å²) in [7, 11) is 0. The number of alkyl halides is 2. The van der Waals surface area contributed by atoms with Crippen molar-refractivity contribution in [3.63, 3.8) is 0 Å². The molecule has 1 aromatic heterocycles. The zero-order valence-corrected chi connectivity index (χ0v) is 10.9. The van der Waals surface area contributed by atoms with Gasteiger partial charge >= 0.3 is 6.03 Å². The number of halogens is 2. The van der Waals surface area contributed by atoms with E-state index >= 15 is 0 Å². The van der Waals surface area contributed by atoms with Crippen molar-refractivity contribution in [2.75, 3.05) is 25.0 Å². The zero-order valence-electron chi connectivity index (χ0n) is 10.9. The first-order valence-electron chi connectivity index (χ1n) is 6.49. The number of nitrogens with zero attached hydrogens (tertiary/aromatic N) is 3. The van der Waals surface area contributed by atoms with Gasteiger partial charge in [-0.2, -0.15) is 0 Å². The van der Waals surface area contributed by atoms with Gasteiger partial charge in [-0.05, 0) is 25.5 Å². The second-order valence-corrected chi connectivity index (χ2v) is 4.59. The molecule has 0 aromatic carbocycles. The van der Waals surface area contributed by atoms with Gasteiger partial charge in [-0.25, -0.2) is 23.5 Å². The van der Waals surface area contributed by atoms with Gasteiger partial charge in [0, 0.05) is 25.0 Å². The number of nitrogens with one attached hydrogen (secondary N) is 2. The summed E-state index contributed by atoms with van der Waals surface area (Å²) >= 11 is 0. The van der Waals surface area contributed by atoms with Crippen molar-refractivity contribution in [2.24, 2.45) is 0 Å². The van der Waals surface area contributed by atoms with Crippen LogP contribution >= 0.6 is 0 Å². The molecule has 1 fully saturated rings. The Morgan fingerprint density at radius 1 is 1.45 bits per heavy atom. The fourth-order valence-corrected chi connectivity index (χ4v) is 2.26. The SMILES string of the molecule is O=C(NCC1CCCN1CC(F)F)Nc1ncccn1. The van der Waals surface area contributed by atoms with Crippen molar-refractivity contribution in [3.05, 3.63) is 18.5 Å². The summed E-state index contributed by atoms with van der Waals surface area (Å²) < 4.78 is 24.8. The van der Waals surface area contributed by atoms with Crippen molar-refractivity contribution < 1.29 is 13.6 Å². The molecule has 1 aliphatic rings. The fourth-order valence-electron chi connectivity index (χ4n) is 2.26. The van der Waals surface area contributed by atoms with Crippen LogP contribution < -0.4 is 10.6 Å². The van der Waals surface area contributed by atoms with Gasteiger partial charge in [0.2, 0.25) is 5.95 Å². The highest BCUT2D eigenvalue weighted by Crippen LogP contribution is 2.17. The Morgan fingerprint density at radius 2 is 2.20 bits per heavy atom. The number of likely N-dealkylation sites (tertiary alicyclic amines) is 1. The number of carbonyl (C=O) groups excluding carboxylic acids is 1. The maximum absolute atomic E-state index is 12.4. The first kappa shape index (κ1) is 14.6. The van der Waals surface area contributed by atoms with Crippen molar-refractivity contribution in [2.45, 2.75) is 25.3 Å². The second kappa shape index (κ2) is 7.09. The van der Waals surface area contributed by atoms with E-state index in [2.05, 4.69) is 20.6 Å². The quantitative estimate of drug-likeness (QED) is 0.856. The van der Waals surface area contributed by atoms with Crippen LogP contribution in [0.4, 0.5) is 19.5 Å². The third-order valence-electron chi connectivity index (χ3n) is 3.16. The average Bonchev–Trinajstić information content (AvgIpc) is 2.84. The lowest BCUT2D eigenvalue weighted by molar-refractivity contribution is 0.0826. The molecule has 6 nitrogen and oxygen atoms in total. The van der Waals surface area contributed by atoms with Gasteiger partial charge in [0.15, 0.2) is 0 Å².